The Kier molecular flexibility index (Phi) is 7.55. The third-order valence-electron chi connectivity index (χ3n) is 7.99. The van der Waals surface area contributed by atoms with Crippen LogP contribution < -0.4 is 9.62 Å². The van der Waals surface area contributed by atoms with Gasteiger partial charge in [0.1, 0.15) is 5.71 Å². The molecule has 3 heterocycles. The van der Waals surface area contributed by atoms with Crippen LogP contribution in [0.1, 0.15) is 77.8 Å². The SMILES string of the molecule is CCS(=O)(=O)Nc1ccc(-c2nc3n(n2)N=C(C(C)(C)C)/C3=N/c2cc3c(cc2C)N(CCO)C(C)(C)CC3C)cc1. The highest BCUT2D eigenvalue weighted by Crippen LogP contribution is 2.45. The molecule has 0 bridgehead atoms. The van der Waals surface area contributed by atoms with Crippen molar-refractivity contribution in [2.45, 2.75) is 73.3 Å². The van der Waals surface area contributed by atoms with Crippen molar-refractivity contribution in [3.05, 3.63) is 53.3 Å². The van der Waals surface area contributed by atoms with Gasteiger partial charge in [0.25, 0.3) is 0 Å². The summed E-state index contributed by atoms with van der Waals surface area (Å²) in [5.41, 5.74) is 6.65. The zero-order chi connectivity index (χ0) is 30.6. The molecule has 2 aliphatic heterocycles. The Bertz CT molecular complexity index is 1680. The molecule has 2 aliphatic rings. The lowest BCUT2D eigenvalue weighted by Gasteiger charge is -2.47. The molecule has 2 aromatic carbocycles. The highest BCUT2D eigenvalue weighted by Gasteiger charge is 2.38. The Morgan fingerprint density at radius 1 is 1.17 bits per heavy atom. The lowest BCUT2D eigenvalue weighted by Crippen LogP contribution is -2.49. The molecule has 224 valence electrons. The van der Waals surface area contributed by atoms with Crippen LogP contribution in [0.4, 0.5) is 17.1 Å². The van der Waals surface area contributed by atoms with Crippen molar-refractivity contribution in [1.82, 2.24) is 14.9 Å². The Labute approximate surface area is 248 Å². The monoisotopic (exact) mass is 591 g/mol. The number of aliphatic imine (C=N–C) groups is 1. The molecule has 1 atom stereocenters. The maximum absolute atomic E-state index is 11.9. The van der Waals surface area contributed by atoms with Crippen molar-refractivity contribution in [3.8, 4) is 11.4 Å². The molecule has 2 N–H and O–H groups in total. The first-order valence-corrected chi connectivity index (χ1v) is 16.1. The molecule has 0 radical (unpaired) electrons. The summed E-state index contributed by atoms with van der Waals surface area (Å²) in [5, 5.41) is 19.3. The number of aliphatic hydroxyl groups is 1. The predicted molar refractivity (Wildman–Crippen MR) is 170 cm³/mol. The minimum absolute atomic E-state index is 0.00179. The first kappa shape index (κ1) is 29.9. The molecule has 5 rings (SSSR count). The first-order chi connectivity index (χ1) is 19.6. The van der Waals surface area contributed by atoms with Gasteiger partial charge >= 0.3 is 0 Å². The molecule has 1 aromatic heterocycles. The van der Waals surface area contributed by atoms with Crippen molar-refractivity contribution in [1.29, 1.82) is 0 Å². The molecule has 10 nitrogen and oxygen atoms in total. The number of aromatic nitrogens is 3. The molecule has 0 amide bonds. The van der Waals surface area contributed by atoms with Gasteiger partial charge in [0.15, 0.2) is 5.82 Å². The molecule has 0 saturated carbocycles. The Morgan fingerprint density at radius 2 is 1.86 bits per heavy atom. The van der Waals surface area contributed by atoms with E-state index in [1.165, 1.54) is 5.56 Å². The van der Waals surface area contributed by atoms with Crippen molar-refractivity contribution in [3.63, 3.8) is 0 Å². The van der Waals surface area contributed by atoms with E-state index in [1.54, 1.807) is 36.0 Å². The number of anilines is 2. The number of fused-ring (bicyclic) bond motifs is 2. The van der Waals surface area contributed by atoms with Crippen LogP contribution in [-0.2, 0) is 10.0 Å². The smallest absolute Gasteiger partial charge is 0.232 e. The summed E-state index contributed by atoms with van der Waals surface area (Å²) in [6, 6.07) is 11.4. The fraction of sp³-hybridized carbons (Fsp3) is 0.484. The van der Waals surface area contributed by atoms with Gasteiger partial charge in [-0.05, 0) is 87.6 Å². The summed E-state index contributed by atoms with van der Waals surface area (Å²) >= 11 is 0. The van der Waals surface area contributed by atoms with E-state index in [1.807, 2.05) is 0 Å². The number of β-amino-alcohol motifs (C(OH)–C–C–N with tert-alkyl or cyclic N) is 1. The van der Waals surface area contributed by atoms with Crippen molar-refractivity contribution >= 4 is 38.5 Å². The summed E-state index contributed by atoms with van der Waals surface area (Å²) in [5.74, 6) is 1.39. The van der Waals surface area contributed by atoms with Gasteiger partial charge in [-0.3, -0.25) is 4.72 Å². The molecule has 11 heteroatoms. The summed E-state index contributed by atoms with van der Waals surface area (Å²) in [6.45, 7) is 17.4. The maximum atomic E-state index is 11.9. The predicted octanol–water partition coefficient (Wildman–Crippen LogP) is 5.48. The standard InChI is InChI=1S/C31H41N7O3S/c1-9-42(40,41)36-22-12-10-21(11-13-22)28-33-29-26(27(30(4,5)6)34-38(29)35-28)32-24-17-23-20(3)18-31(7,8)37(14-15-39)25(23)16-19(24)2/h10-13,16-17,20,36,39H,9,14-15,18H2,1-8H3/b32-26-. The minimum atomic E-state index is -3.36. The fourth-order valence-electron chi connectivity index (χ4n) is 5.82. The van der Waals surface area contributed by atoms with Crippen molar-refractivity contribution < 1.29 is 13.5 Å². The van der Waals surface area contributed by atoms with Gasteiger partial charge in [-0.1, -0.05) is 27.7 Å². The van der Waals surface area contributed by atoms with E-state index in [0.717, 1.165) is 34.6 Å². The molecular weight excluding hydrogens is 550 g/mol. The van der Waals surface area contributed by atoms with Gasteiger partial charge in [-0.25, -0.2) is 18.4 Å². The summed E-state index contributed by atoms with van der Waals surface area (Å²) in [4.78, 5) is 13.9. The average molecular weight is 592 g/mol. The lowest BCUT2D eigenvalue weighted by molar-refractivity contribution is 0.277. The van der Waals surface area contributed by atoms with E-state index < -0.39 is 10.0 Å². The largest absolute Gasteiger partial charge is 0.395 e. The van der Waals surface area contributed by atoms with Crippen LogP contribution in [0, 0.1) is 12.3 Å². The number of rotatable bonds is 7. The van der Waals surface area contributed by atoms with Crippen LogP contribution >= 0.6 is 0 Å². The Morgan fingerprint density at radius 3 is 2.48 bits per heavy atom. The second-order valence-corrected chi connectivity index (χ2v) is 14.9. The van der Waals surface area contributed by atoms with Crippen LogP contribution in [0.25, 0.3) is 11.4 Å². The van der Waals surface area contributed by atoms with Gasteiger partial charge in [-0.15, -0.1) is 9.89 Å². The van der Waals surface area contributed by atoms with E-state index >= 15 is 0 Å². The summed E-state index contributed by atoms with van der Waals surface area (Å²) < 4.78 is 26.4. The summed E-state index contributed by atoms with van der Waals surface area (Å²) in [6.07, 6.45) is 0.976. The number of sulfonamides is 1. The molecule has 0 saturated heterocycles. The molecule has 3 aromatic rings. The van der Waals surface area contributed by atoms with Crippen molar-refractivity contribution in [2.24, 2.45) is 15.5 Å². The zero-order valence-corrected chi connectivity index (χ0v) is 26.5. The molecule has 0 spiro atoms. The van der Waals surface area contributed by atoms with Gasteiger partial charge < -0.3 is 10.0 Å². The number of nitrogens with one attached hydrogen (secondary N) is 1. The Hall–Kier alpha value is -3.57. The van der Waals surface area contributed by atoms with Crippen LogP contribution in [0.15, 0.2) is 46.5 Å². The normalized spacial score (nSPS) is 19.1. The average Bonchev–Trinajstić information content (AvgIpc) is 3.46. The maximum Gasteiger partial charge on any atom is 0.232 e. The van der Waals surface area contributed by atoms with E-state index in [9.17, 15) is 13.5 Å². The molecular formula is C31H41N7O3S. The van der Waals surface area contributed by atoms with Gasteiger partial charge in [-0.2, -0.15) is 5.10 Å². The van der Waals surface area contributed by atoms with E-state index in [2.05, 4.69) is 75.3 Å². The lowest BCUT2D eigenvalue weighted by atomic mass is 9.79. The zero-order valence-electron chi connectivity index (χ0n) is 25.7. The quantitative estimate of drug-likeness (QED) is 0.375. The Balaban J connectivity index is 1.56. The second-order valence-electron chi connectivity index (χ2n) is 12.9. The third-order valence-corrected chi connectivity index (χ3v) is 9.29. The number of aryl methyl sites for hydroxylation is 1. The van der Waals surface area contributed by atoms with Crippen LogP contribution in [0.3, 0.4) is 0 Å². The second kappa shape index (κ2) is 10.6. The van der Waals surface area contributed by atoms with Crippen LogP contribution in [0.5, 0.6) is 0 Å². The highest BCUT2D eigenvalue weighted by molar-refractivity contribution is 7.92. The number of benzene rings is 2. The van der Waals surface area contributed by atoms with Crippen molar-refractivity contribution in [2.75, 3.05) is 28.5 Å². The first-order valence-electron chi connectivity index (χ1n) is 14.4. The highest BCUT2D eigenvalue weighted by atomic mass is 32.2. The van der Waals surface area contributed by atoms with Crippen LogP contribution in [0.2, 0.25) is 0 Å². The van der Waals surface area contributed by atoms with E-state index in [4.69, 9.17) is 15.1 Å². The van der Waals surface area contributed by atoms with E-state index in [-0.39, 0.29) is 23.3 Å². The number of aliphatic hydroxyl groups excluding tert-OH is 1. The molecule has 0 aliphatic carbocycles. The number of nitrogens with zero attached hydrogens (tertiary/aromatic N) is 6. The molecule has 0 fully saturated rings. The summed E-state index contributed by atoms with van der Waals surface area (Å²) in [7, 11) is -3.36. The van der Waals surface area contributed by atoms with Gasteiger partial charge in [0.05, 0.1) is 23.8 Å². The van der Waals surface area contributed by atoms with Crippen LogP contribution in [-0.4, -0.2) is 64.3 Å². The molecule has 42 heavy (non-hydrogen) atoms. The topological polar surface area (TPSA) is 125 Å². The minimum Gasteiger partial charge on any atom is -0.395 e. The fourth-order valence-corrected chi connectivity index (χ4v) is 6.46. The number of hydrogen-bond acceptors (Lipinski definition) is 8. The number of hydrogen-bond donors (Lipinski definition) is 2. The van der Waals surface area contributed by atoms with Gasteiger partial charge in [0, 0.05) is 34.4 Å². The van der Waals surface area contributed by atoms with E-state index in [0.29, 0.717) is 35.5 Å². The third kappa shape index (κ3) is 5.59. The molecule has 1 unspecified atom stereocenters. The van der Waals surface area contributed by atoms with Gasteiger partial charge in [0.2, 0.25) is 15.8 Å².